The summed E-state index contributed by atoms with van der Waals surface area (Å²) < 4.78 is 28.1. The molecule has 5 rings (SSSR count). The fourth-order valence-corrected chi connectivity index (χ4v) is 6.22. The Labute approximate surface area is 214 Å². The Balaban J connectivity index is 1.23. The normalized spacial score (nSPS) is 13.8. The number of sulfonamides is 1. The molecule has 36 heavy (non-hydrogen) atoms. The number of nitrogens with one attached hydrogen (secondary N) is 2. The van der Waals surface area contributed by atoms with Gasteiger partial charge in [-0.15, -0.1) is 11.3 Å². The van der Waals surface area contributed by atoms with Crippen LogP contribution < -0.4 is 10.0 Å². The van der Waals surface area contributed by atoms with Gasteiger partial charge < -0.3 is 0 Å². The van der Waals surface area contributed by atoms with Crippen LogP contribution >= 0.6 is 11.3 Å². The molecular weight excluding hydrogens is 492 g/mol. The molecular formula is C27H26N4O3S2. The van der Waals surface area contributed by atoms with E-state index in [1.54, 1.807) is 12.1 Å². The van der Waals surface area contributed by atoms with Gasteiger partial charge in [-0.25, -0.2) is 18.1 Å². The Hall–Kier alpha value is -3.37. The van der Waals surface area contributed by atoms with E-state index in [9.17, 15) is 13.2 Å². The van der Waals surface area contributed by atoms with Crippen molar-refractivity contribution < 1.29 is 13.2 Å². The highest BCUT2D eigenvalue weighted by molar-refractivity contribution is 7.89. The number of thiazole rings is 1. The topological polar surface area (TPSA) is 91.4 Å². The van der Waals surface area contributed by atoms with Crippen molar-refractivity contribution in [1.82, 2.24) is 14.6 Å². The van der Waals surface area contributed by atoms with Crippen LogP contribution in [0.1, 0.15) is 32.1 Å². The molecule has 2 N–H and O–H groups in total. The van der Waals surface area contributed by atoms with Crippen molar-refractivity contribution in [2.75, 3.05) is 11.9 Å². The number of fused-ring (bicyclic) bond motifs is 1. The minimum Gasteiger partial charge on any atom is -0.298 e. The molecule has 0 atom stereocenters. The van der Waals surface area contributed by atoms with Gasteiger partial charge in [-0.2, -0.15) is 0 Å². The number of hydrogen-bond donors (Lipinski definition) is 2. The molecule has 0 unspecified atom stereocenters. The van der Waals surface area contributed by atoms with Crippen molar-refractivity contribution in [3.05, 3.63) is 112 Å². The number of nitrogens with zero attached hydrogens (tertiary/aromatic N) is 2. The first-order valence-corrected chi connectivity index (χ1v) is 14.0. The molecule has 1 aliphatic rings. The molecule has 1 amide bonds. The lowest BCUT2D eigenvalue weighted by molar-refractivity contribution is 0.102. The third kappa shape index (κ3) is 5.88. The molecule has 0 fully saturated rings. The number of carbonyl (C=O) groups is 1. The van der Waals surface area contributed by atoms with Crippen molar-refractivity contribution in [2.24, 2.45) is 0 Å². The molecule has 0 radical (unpaired) electrons. The fraction of sp³-hybridized carbons (Fsp3) is 0.185. The summed E-state index contributed by atoms with van der Waals surface area (Å²) in [6.45, 7) is 2.75. The van der Waals surface area contributed by atoms with E-state index >= 15 is 0 Å². The second-order valence-electron chi connectivity index (χ2n) is 8.63. The zero-order valence-corrected chi connectivity index (χ0v) is 21.2. The van der Waals surface area contributed by atoms with Crippen LogP contribution in [-0.2, 0) is 36.1 Å². The molecule has 9 heteroatoms. The SMILES string of the molecule is O=C(Nc1nc2c(s1)CN(Cc1ccccc1)CC2)c1cccc(S(=O)(=O)NCc2ccccc2)c1. The minimum absolute atomic E-state index is 0.0427. The first-order valence-electron chi connectivity index (χ1n) is 11.7. The Morgan fingerprint density at radius 3 is 2.42 bits per heavy atom. The largest absolute Gasteiger partial charge is 0.298 e. The number of anilines is 1. The van der Waals surface area contributed by atoms with Crippen molar-refractivity contribution in [3.8, 4) is 0 Å². The molecule has 4 aromatic rings. The lowest BCUT2D eigenvalue weighted by Gasteiger charge is -2.25. The number of hydrogen-bond acceptors (Lipinski definition) is 6. The highest BCUT2D eigenvalue weighted by atomic mass is 32.2. The summed E-state index contributed by atoms with van der Waals surface area (Å²) >= 11 is 1.47. The molecule has 184 valence electrons. The van der Waals surface area contributed by atoms with Gasteiger partial charge in [0.25, 0.3) is 5.91 Å². The van der Waals surface area contributed by atoms with Gasteiger partial charge in [-0.3, -0.25) is 15.0 Å². The van der Waals surface area contributed by atoms with Gasteiger partial charge in [0.2, 0.25) is 10.0 Å². The summed E-state index contributed by atoms with van der Waals surface area (Å²) in [5.41, 5.74) is 3.40. The van der Waals surface area contributed by atoms with Crippen LogP contribution in [0.5, 0.6) is 0 Å². The second kappa shape index (κ2) is 10.7. The van der Waals surface area contributed by atoms with Crippen molar-refractivity contribution in [1.29, 1.82) is 0 Å². The van der Waals surface area contributed by atoms with Gasteiger partial charge in [0.05, 0.1) is 10.6 Å². The minimum atomic E-state index is -3.77. The Morgan fingerprint density at radius 1 is 0.944 bits per heavy atom. The summed E-state index contributed by atoms with van der Waals surface area (Å²) in [4.78, 5) is 21.1. The van der Waals surface area contributed by atoms with Crippen LogP contribution in [-0.4, -0.2) is 30.8 Å². The second-order valence-corrected chi connectivity index (χ2v) is 11.5. The summed E-state index contributed by atoms with van der Waals surface area (Å²) in [5, 5.41) is 3.38. The molecule has 0 spiro atoms. The van der Waals surface area contributed by atoms with Crippen LogP contribution in [0, 0.1) is 0 Å². The maximum atomic E-state index is 12.9. The average Bonchev–Trinajstić information content (AvgIpc) is 3.30. The predicted molar refractivity (Wildman–Crippen MR) is 141 cm³/mol. The van der Waals surface area contributed by atoms with Crippen LogP contribution in [0.3, 0.4) is 0 Å². The highest BCUT2D eigenvalue weighted by Gasteiger charge is 2.22. The lowest BCUT2D eigenvalue weighted by Crippen LogP contribution is -2.29. The zero-order chi connectivity index (χ0) is 25.0. The number of rotatable bonds is 8. The van der Waals surface area contributed by atoms with Gasteiger partial charge in [0, 0.05) is 43.0 Å². The number of amides is 1. The van der Waals surface area contributed by atoms with Gasteiger partial charge in [-0.05, 0) is 29.3 Å². The number of carbonyl (C=O) groups excluding carboxylic acids is 1. The molecule has 2 heterocycles. The third-order valence-electron chi connectivity index (χ3n) is 6.00. The molecule has 0 saturated carbocycles. The molecule has 7 nitrogen and oxygen atoms in total. The van der Waals surface area contributed by atoms with Gasteiger partial charge in [0.15, 0.2) is 5.13 Å². The quantitative estimate of drug-likeness (QED) is 0.360. The Kier molecular flexibility index (Phi) is 7.24. The molecule has 0 saturated heterocycles. The van der Waals surface area contributed by atoms with E-state index < -0.39 is 10.0 Å². The lowest BCUT2D eigenvalue weighted by atomic mass is 10.1. The molecule has 3 aromatic carbocycles. The van der Waals surface area contributed by atoms with E-state index in [1.165, 1.54) is 29.0 Å². The first-order chi connectivity index (χ1) is 17.5. The predicted octanol–water partition coefficient (Wildman–Crippen LogP) is 4.43. The smallest absolute Gasteiger partial charge is 0.257 e. The fourth-order valence-electron chi connectivity index (χ4n) is 4.11. The van der Waals surface area contributed by atoms with E-state index in [4.69, 9.17) is 0 Å². The average molecular weight is 519 g/mol. The maximum absolute atomic E-state index is 12.9. The van der Waals surface area contributed by atoms with E-state index in [0.29, 0.717) is 5.13 Å². The van der Waals surface area contributed by atoms with Gasteiger partial charge >= 0.3 is 0 Å². The monoisotopic (exact) mass is 518 g/mol. The van der Waals surface area contributed by atoms with E-state index in [0.717, 1.165) is 42.2 Å². The van der Waals surface area contributed by atoms with Gasteiger partial charge in [0.1, 0.15) is 0 Å². The first kappa shape index (κ1) is 24.3. The molecule has 0 bridgehead atoms. The Morgan fingerprint density at radius 2 is 1.67 bits per heavy atom. The van der Waals surface area contributed by atoms with Crippen LogP contribution in [0.25, 0.3) is 0 Å². The summed E-state index contributed by atoms with van der Waals surface area (Å²) in [6, 6.07) is 25.7. The zero-order valence-electron chi connectivity index (χ0n) is 19.6. The van der Waals surface area contributed by atoms with Crippen LogP contribution in [0.15, 0.2) is 89.8 Å². The van der Waals surface area contributed by atoms with Crippen molar-refractivity contribution in [3.63, 3.8) is 0 Å². The van der Waals surface area contributed by atoms with Crippen LogP contribution in [0.2, 0.25) is 0 Å². The summed E-state index contributed by atoms with van der Waals surface area (Å²) in [7, 11) is -3.77. The van der Waals surface area contributed by atoms with Gasteiger partial charge in [-0.1, -0.05) is 66.7 Å². The molecule has 1 aliphatic heterocycles. The third-order valence-corrected chi connectivity index (χ3v) is 8.39. The van der Waals surface area contributed by atoms with Crippen molar-refractivity contribution >= 4 is 32.4 Å². The summed E-state index contributed by atoms with van der Waals surface area (Å²) in [5.74, 6) is -0.387. The van der Waals surface area contributed by atoms with Crippen LogP contribution in [0.4, 0.5) is 5.13 Å². The highest BCUT2D eigenvalue weighted by Crippen LogP contribution is 2.29. The molecule has 1 aromatic heterocycles. The maximum Gasteiger partial charge on any atom is 0.257 e. The Bertz CT molecular complexity index is 1450. The van der Waals surface area contributed by atoms with E-state index in [1.807, 2.05) is 48.5 Å². The van der Waals surface area contributed by atoms with Crippen molar-refractivity contribution in [2.45, 2.75) is 31.0 Å². The van der Waals surface area contributed by atoms with E-state index in [-0.39, 0.29) is 22.9 Å². The number of benzene rings is 3. The molecule has 0 aliphatic carbocycles. The number of aromatic nitrogens is 1. The van der Waals surface area contributed by atoms with E-state index in [2.05, 4.69) is 32.1 Å². The summed E-state index contributed by atoms with van der Waals surface area (Å²) in [6.07, 6.45) is 0.829. The standard InChI is InChI=1S/C27H26N4O3S2/c32-26(22-12-7-13-23(16-22)36(33,34)28-17-20-8-3-1-4-9-20)30-27-29-24-14-15-31(19-25(24)35-27)18-21-10-5-2-6-11-21/h1-13,16,28H,14-15,17-19H2,(H,29,30,32).